The molecule has 0 amide bonds. The van der Waals surface area contributed by atoms with Crippen molar-refractivity contribution in [2.45, 2.75) is 124 Å². The predicted octanol–water partition coefficient (Wildman–Crippen LogP) is 13.0. The summed E-state index contributed by atoms with van der Waals surface area (Å²) < 4.78 is 67.0. The van der Waals surface area contributed by atoms with Crippen molar-refractivity contribution in [2.24, 2.45) is 35.5 Å². The van der Waals surface area contributed by atoms with E-state index in [0.717, 1.165) is 68.1 Å². The zero-order valence-corrected chi connectivity index (χ0v) is 31.0. The van der Waals surface area contributed by atoms with Crippen LogP contribution >= 0.6 is 0 Å². The first-order chi connectivity index (χ1) is 22.3. The Kier molecular flexibility index (Phi) is 17.9. The molecule has 7 heteroatoms. The first kappa shape index (κ1) is 43.3. The van der Waals surface area contributed by atoms with Crippen molar-refractivity contribution >= 4 is 0 Å². The molecule has 2 aromatic rings. The van der Waals surface area contributed by atoms with E-state index in [0.29, 0.717) is 30.3 Å². The van der Waals surface area contributed by atoms with Crippen molar-refractivity contribution in [2.75, 3.05) is 13.2 Å². The molecule has 0 spiro atoms. The Balaban J connectivity index is 0.000000321. The van der Waals surface area contributed by atoms with Crippen LogP contribution in [0, 0.1) is 66.2 Å². The normalized spacial score (nSPS) is 28.8. The van der Waals surface area contributed by atoms with Gasteiger partial charge in [0.1, 0.15) is 0 Å². The van der Waals surface area contributed by atoms with E-state index in [1.165, 1.54) is 44.9 Å². The van der Waals surface area contributed by atoms with Gasteiger partial charge in [-0.1, -0.05) is 39.0 Å². The molecule has 6 rings (SSSR count). The van der Waals surface area contributed by atoms with E-state index in [-0.39, 0.29) is 58.6 Å². The zero-order chi connectivity index (χ0) is 32.8. The van der Waals surface area contributed by atoms with Gasteiger partial charge in [-0.3, -0.25) is 0 Å². The Morgan fingerprint density at radius 1 is 0.612 bits per heavy atom. The average Bonchev–Trinajstić information content (AvgIpc) is 3.02. The first-order valence-electron chi connectivity index (χ1n) is 18.1. The number of benzene rings is 2. The Morgan fingerprint density at radius 3 is 1.35 bits per heavy atom. The van der Waals surface area contributed by atoms with Crippen molar-refractivity contribution in [3.8, 4) is 11.5 Å². The second kappa shape index (κ2) is 20.3. The number of hydrogen-bond acceptors (Lipinski definition) is 2. The molecule has 4 aliphatic carbocycles. The van der Waals surface area contributed by atoms with Crippen LogP contribution in [-0.2, 0) is 20.4 Å². The maximum atomic E-state index is 14.3. The van der Waals surface area contributed by atoms with Gasteiger partial charge in [0, 0.05) is 20.4 Å². The van der Waals surface area contributed by atoms with E-state index in [9.17, 15) is 17.6 Å². The first-order valence-corrected chi connectivity index (χ1v) is 18.1. The molecule has 0 saturated heterocycles. The molecule has 0 unspecified atom stereocenters. The van der Waals surface area contributed by atoms with E-state index in [2.05, 4.69) is 19.6 Å². The number of ether oxygens (including phenoxy) is 2. The largest absolute Gasteiger partial charge is 0.491 e. The Bertz CT molecular complexity index is 1290. The van der Waals surface area contributed by atoms with E-state index >= 15 is 0 Å². The monoisotopic (exact) mass is 779 g/mol. The van der Waals surface area contributed by atoms with Crippen LogP contribution in [0.15, 0.2) is 36.9 Å². The van der Waals surface area contributed by atoms with Gasteiger partial charge in [-0.2, -0.15) is 8.78 Å². The molecule has 4 aliphatic rings. The number of halogens is 4. The van der Waals surface area contributed by atoms with Gasteiger partial charge in [0.15, 0.2) is 23.1 Å². The van der Waals surface area contributed by atoms with Crippen molar-refractivity contribution in [1.82, 2.24) is 0 Å². The minimum absolute atomic E-state index is 0. The second-order valence-corrected chi connectivity index (χ2v) is 14.4. The summed E-state index contributed by atoms with van der Waals surface area (Å²) in [6.07, 6.45) is 17.2. The fourth-order valence-corrected chi connectivity index (χ4v) is 8.85. The van der Waals surface area contributed by atoms with Gasteiger partial charge in [0.2, 0.25) is 11.6 Å². The van der Waals surface area contributed by atoms with Crippen molar-refractivity contribution < 1.29 is 47.5 Å². The molecule has 0 aliphatic heterocycles. The van der Waals surface area contributed by atoms with Crippen LogP contribution in [0.3, 0.4) is 0 Å². The molecule has 49 heavy (non-hydrogen) atoms. The zero-order valence-electron chi connectivity index (χ0n) is 29.5. The molecule has 0 aromatic heterocycles. The predicted molar refractivity (Wildman–Crippen MR) is 191 cm³/mol. The van der Waals surface area contributed by atoms with Crippen molar-refractivity contribution in [1.29, 1.82) is 0 Å². The average molecular weight is 780 g/mol. The summed E-state index contributed by atoms with van der Waals surface area (Å²) in [6.45, 7) is 10.4. The van der Waals surface area contributed by atoms with Crippen LogP contribution in [0.25, 0.3) is 0 Å². The Morgan fingerprint density at radius 2 is 1.00 bits per heavy atom. The van der Waals surface area contributed by atoms with Gasteiger partial charge < -0.3 is 16.9 Å². The van der Waals surface area contributed by atoms with Gasteiger partial charge in [0.25, 0.3) is 0 Å². The van der Waals surface area contributed by atoms with Gasteiger partial charge in [-0.15, -0.1) is 6.58 Å². The number of hydrogen-bond donors (Lipinski definition) is 0. The molecular formula is C42H61F4O2Pd-. The maximum Gasteiger partial charge on any atom is 0.200 e. The summed E-state index contributed by atoms with van der Waals surface area (Å²) in [5.41, 5.74) is 1.08. The molecule has 4 saturated carbocycles. The third-order valence-corrected chi connectivity index (χ3v) is 11.9. The number of allylic oxidation sites excluding steroid dienone is 1. The maximum absolute atomic E-state index is 14.3. The Labute approximate surface area is 308 Å². The van der Waals surface area contributed by atoms with Gasteiger partial charge in [-0.05, 0) is 162 Å². The molecule has 0 radical (unpaired) electrons. The molecule has 4 fully saturated rings. The molecule has 280 valence electrons. The molecule has 2 nitrogen and oxygen atoms in total. The third-order valence-electron chi connectivity index (χ3n) is 11.9. The van der Waals surface area contributed by atoms with Crippen LogP contribution in [0.2, 0.25) is 0 Å². The van der Waals surface area contributed by atoms with Gasteiger partial charge in [0.05, 0.1) is 13.2 Å². The summed E-state index contributed by atoms with van der Waals surface area (Å²) in [7, 11) is 0. The van der Waals surface area contributed by atoms with E-state index in [1.807, 2.05) is 0 Å². The van der Waals surface area contributed by atoms with Crippen LogP contribution in [-0.4, -0.2) is 13.2 Å². The van der Waals surface area contributed by atoms with Crippen LogP contribution < -0.4 is 9.47 Å². The fourth-order valence-electron chi connectivity index (χ4n) is 8.85. The standard InChI is InChI=1S/C20H28F2O.C20H26F2O.CH4.CH3.Pd/c2*1-3-13-11-16(12-13)14-5-7-15(8-6-14)17-9-10-18(23-4-2)20(22)19(17)21;;;/h9-10,13-16H,3-8,11-12H2,1-2H3;3,9-10,13-16H,1,4-8,11-12H2,2H3;1H4;1H3;/q;;;-1;. The summed E-state index contributed by atoms with van der Waals surface area (Å²) >= 11 is 0. The minimum Gasteiger partial charge on any atom is -0.491 e. The molecule has 2 aromatic carbocycles. The van der Waals surface area contributed by atoms with E-state index in [1.54, 1.807) is 38.1 Å². The van der Waals surface area contributed by atoms with Crippen molar-refractivity contribution in [3.05, 3.63) is 78.7 Å². The summed E-state index contributed by atoms with van der Waals surface area (Å²) in [5.74, 6) is 2.22. The molecule has 0 atom stereocenters. The van der Waals surface area contributed by atoms with Gasteiger partial charge >= 0.3 is 0 Å². The third kappa shape index (κ3) is 10.2. The summed E-state index contributed by atoms with van der Waals surface area (Å²) in [4.78, 5) is 0. The number of rotatable bonds is 10. The smallest absolute Gasteiger partial charge is 0.200 e. The van der Waals surface area contributed by atoms with Crippen molar-refractivity contribution in [3.63, 3.8) is 0 Å². The topological polar surface area (TPSA) is 18.5 Å². The fraction of sp³-hybridized carbons (Fsp3) is 0.643. The van der Waals surface area contributed by atoms with Crippen LogP contribution in [0.5, 0.6) is 11.5 Å². The second-order valence-electron chi connectivity index (χ2n) is 14.4. The molecule has 0 N–H and O–H groups in total. The molecule has 0 bridgehead atoms. The minimum atomic E-state index is -0.834. The summed E-state index contributed by atoms with van der Waals surface area (Å²) in [5, 5.41) is 0. The quantitative estimate of drug-likeness (QED) is 0.103. The molecular weight excluding hydrogens is 719 g/mol. The van der Waals surface area contributed by atoms with Gasteiger partial charge in [-0.25, -0.2) is 8.78 Å². The Hall–Kier alpha value is -1.84. The SMILES string of the molecule is C.C=CC1CC(C2CCC(c3ccc(OCC)c(F)c3F)CC2)C1.CCOc1ccc(C2CCC(C3CC(CC)C3)CC2)c(F)c1F.[CH3-].[Pd]. The van der Waals surface area contributed by atoms with E-state index < -0.39 is 23.3 Å². The molecule has 0 heterocycles. The van der Waals surface area contributed by atoms with E-state index in [4.69, 9.17) is 9.47 Å². The summed E-state index contributed by atoms with van der Waals surface area (Å²) in [6, 6.07) is 6.60. The van der Waals surface area contributed by atoms with Crippen LogP contribution in [0.4, 0.5) is 17.6 Å². The van der Waals surface area contributed by atoms with Crippen LogP contribution in [0.1, 0.15) is 135 Å².